The number of fused-ring (bicyclic) bond motifs is 1. The highest BCUT2D eigenvalue weighted by Gasteiger charge is 2.08. The van der Waals surface area contributed by atoms with E-state index in [0.29, 0.717) is 6.42 Å². The molecule has 0 bridgehead atoms. The number of carbonyl (C=O) groups is 1. The molecule has 20 heavy (non-hydrogen) atoms. The molecule has 4 heteroatoms. The van der Waals surface area contributed by atoms with E-state index in [1.807, 2.05) is 13.0 Å². The van der Waals surface area contributed by atoms with Gasteiger partial charge < -0.3 is 10.3 Å². The van der Waals surface area contributed by atoms with Gasteiger partial charge in [-0.3, -0.25) is 4.79 Å². The maximum atomic E-state index is 11.8. The van der Waals surface area contributed by atoms with Gasteiger partial charge in [0.2, 0.25) is 5.91 Å². The van der Waals surface area contributed by atoms with Gasteiger partial charge in [-0.25, -0.2) is 0 Å². The fourth-order valence-electron chi connectivity index (χ4n) is 2.42. The van der Waals surface area contributed by atoms with Crippen LogP contribution in [0.5, 0.6) is 0 Å². The monoisotopic (exact) mass is 290 g/mol. The van der Waals surface area contributed by atoms with Gasteiger partial charge in [-0.1, -0.05) is 18.2 Å². The van der Waals surface area contributed by atoms with Crippen molar-refractivity contribution in [3.05, 3.63) is 36.0 Å². The molecule has 0 aliphatic carbocycles. The third-order valence-corrected chi connectivity index (χ3v) is 4.18. The molecule has 2 aromatic rings. The van der Waals surface area contributed by atoms with E-state index < -0.39 is 0 Å². The number of carbonyl (C=O) groups excluding carboxylic acids is 1. The molecular formula is C16H22N2OS. The summed E-state index contributed by atoms with van der Waals surface area (Å²) in [6, 6.07) is 8.54. The second kappa shape index (κ2) is 7.39. The Morgan fingerprint density at radius 3 is 3.00 bits per heavy atom. The van der Waals surface area contributed by atoms with Crippen LogP contribution < -0.4 is 5.32 Å². The molecule has 1 atom stereocenters. The van der Waals surface area contributed by atoms with Crippen LogP contribution in [-0.4, -0.2) is 28.9 Å². The Balaban J connectivity index is 1.80. The maximum absolute atomic E-state index is 11.8. The topological polar surface area (TPSA) is 44.9 Å². The molecule has 1 amide bonds. The quantitative estimate of drug-likeness (QED) is 0.821. The van der Waals surface area contributed by atoms with Gasteiger partial charge in [-0.15, -0.1) is 0 Å². The average molecular weight is 290 g/mol. The van der Waals surface area contributed by atoms with Crippen molar-refractivity contribution in [2.75, 3.05) is 12.0 Å². The van der Waals surface area contributed by atoms with Gasteiger partial charge in [0, 0.05) is 35.3 Å². The first-order valence-corrected chi connectivity index (χ1v) is 8.43. The Morgan fingerprint density at radius 2 is 2.20 bits per heavy atom. The highest BCUT2D eigenvalue weighted by Crippen LogP contribution is 2.19. The number of aromatic amines is 1. The number of para-hydroxylation sites is 1. The second-order valence-corrected chi connectivity index (χ2v) is 6.05. The number of hydrogen-bond donors (Lipinski definition) is 2. The number of rotatable bonds is 7. The van der Waals surface area contributed by atoms with Gasteiger partial charge >= 0.3 is 0 Å². The van der Waals surface area contributed by atoms with Gasteiger partial charge in [0.1, 0.15) is 0 Å². The van der Waals surface area contributed by atoms with Gasteiger partial charge in [-0.05, 0) is 37.7 Å². The van der Waals surface area contributed by atoms with E-state index in [9.17, 15) is 4.79 Å². The molecule has 108 valence electrons. The van der Waals surface area contributed by atoms with Crippen molar-refractivity contribution in [2.24, 2.45) is 0 Å². The summed E-state index contributed by atoms with van der Waals surface area (Å²) in [5.41, 5.74) is 2.46. The molecule has 0 spiro atoms. The first-order chi connectivity index (χ1) is 9.70. The summed E-state index contributed by atoms with van der Waals surface area (Å²) in [4.78, 5) is 15.1. The lowest BCUT2D eigenvalue weighted by atomic mass is 10.1. The Hall–Kier alpha value is -1.42. The fourth-order valence-corrected chi connectivity index (χ4v) is 3.00. The summed E-state index contributed by atoms with van der Waals surface area (Å²) < 4.78 is 0. The summed E-state index contributed by atoms with van der Waals surface area (Å²) in [6.07, 6.45) is 6.53. The SMILES string of the molecule is CSCC(C)NC(=O)CCCc1c[nH]c2ccccc12. The van der Waals surface area contributed by atoms with Crippen molar-refractivity contribution in [1.82, 2.24) is 10.3 Å². The Labute approximate surface area is 124 Å². The van der Waals surface area contributed by atoms with Gasteiger partial charge in [-0.2, -0.15) is 11.8 Å². The molecule has 0 aliphatic rings. The molecule has 0 saturated heterocycles. The van der Waals surface area contributed by atoms with Crippen LogP contribution in [0.1, 0.15) is 25.3 Å². The lowest BCUT2D eigenvalue weighted by Gasteiger charge is -2.12. The molecule has 2 N–H and O–H groups in total. The maximum Gasteiger partial charge on any atom is 0.220 e. The smallest absolute Gasteiger partial charge is 0.220 e. The number of amides is 1. The molecule has 1 aromatic heterocycles. The van der Waals surface area contributed by atoms with Crippen LogP contribution in [0.2, 0.25) is 0 Å². The van der Waals surface area contributed by atoms with E-state index in [2.05, 4.69) is 41.0 Å². The van der Waals surface area contributed by atoms with E-state index in [-0.39, 0.29) is 11.9 Å². The Morgan fingerprint density at radius 1 is 1.40 bits per heavy atom. The highest BCUT2D eigenvalue weighted by molar-refractivity contribution is 7.98. The third kappa shape index (κ3) is 4.04. The summed E-state index contributed by atoms with van der Waals surface area (Å²) in [5.74, 6) is 1.13. The largest absolute Gasteiger partial charge is 0.361 e. The number of thioether (sulfide) groups is 1. The minimum Gasteiger partial charge on any atom is -0.361 e. The van der Waals surface area contributed by atoms with Crippen LogP contribution in [0.15, 0.2) is 30.5 Å². The van der Waals surface area contributed by atoms with Crippen molar-refractivity contribution in [3.63, 3.8) is 0 Å². The lowest BCUT2D eigenvalue weighted by molar-refractivity contribution is -0.121. The van der Waals surface area contributed by atoms with E-state index >= 15 is 0 Å². The van der Waals surface area contributed by atoms with Crippen LogP contribution in [0.25, 0.3) is 10.9 Å². The van der Waals surface area contributed by atoms with Crippen molar-refractivity contribution in [1.29, 1.82) is 0 Å². The number of nitrogens with one attached hydrogen (secondary N) is 2. The van der Waals surface area contributed by atoms with E-state index in [1.165, 1.54) is 16.5 Å². The first kappa shape index (κ1) is 15.0. The van der Waals surface area contributed by atoms with E-state index in [0.717, 1.165) is 18.6 Å². The summed E-state index contributed by atoms with van der Waals surface area (Å²) in [6.45, 7) is 2.05. The second-order valence-electron chi connectivity index (χ2n) is 5.14. The number of aryl methyl sites for hydroxylation is 1. The average Bonchev–Trinajstić information content (AvgIpc) is 2.82. The summed E-state index contributed by atoms with van der Waals surface area (Å²) in [5, 5.41) is 4.30. The molecule has 0 radical (unpaired) electrons. The van der Waals surface area contributed by atoms with Crippen LogP contribution in [0.4, 0.5) is 0 Å². The van der Waals surface area contributed by atoms with Gasteiger partial charge in [0.25, 0.3) is 0 Å². The predicted octanol–water partition coefficient (Wildman–Crippen LogP) is 3.36. The number of hydrogen-bond acceptors (Lipinski definition) is 2. The minimum absolute atomic E-state index is 0.159. The molecule has 1 aromatic carbocycles. The number of aromatic nitrogens is 1. The van der Waals surface area contributed by atoms with Crippen LogP contribution in [-0.2, 0) is 11.2 Å². The predicted molar refractivity (Wildman–Crippen MR) is 87.2 cm³/mol. The molecule has 3 nitrogen and oxygen atoms in total. The molecule has 0 saturated carbocycles. The highest BCUT2D eigenvalue weighted by atomic mass is 32.2. The molecule has 0 aliphatic heterocycles. The zero-order valence-electron chi connectivity index (χ0n) is 12.1. The first-order valence-electron chi connectivity index (χ1n) is 7.04. The summed E-state index contributed by atoms with van der Waals surface area (Å²) in [7, 11) is 0. The van der Waals surface area contributed by atoms with E-state index in [4.69, 9.17) is 0 Å². The number of benzene rings is 1. The standard InChI is InChI=1S/C16H22N2OS/c1-12(11-20-2)18-16(19)9-5-6-13-10-17-15-8-4-3-7-14(13)15/h3-4,7-8,10,12,17H,5-6,9,11H2,1-2H3,(H,18,19). The minimum atomic E-state index is 0.159. The van der Waals surface area contributed by atoms with Gasteiger partial charge in [0.15, 0.2) is 0 Å². The molecule has 0 fully saturated rings. The van der Waals surface area contributed by atoms with Crippen LogP contribution in [0.3, 0.4) is 0 Å². The Bertz CT molecular complexity index is 564. The van der Waals surface area contributed by atoms with Gasteiger partial charge in [0.05, 0.1) is 0 Å². The van der Waals surface area contributed by atoms with Crippen LogP contribution in [0, 0.1) is 0 Å². The molecule has 1 unspecified atom stereocenters. The lowest BCUT2D eigenvalue weighted by Crippen LogP contribution is -2.34. The van der Waals surface area contributed by atoms with E-state index in [1.54, 1.807) is 11.8 Å². The number of H-pyrrole nitrogens is 1. The van der Waals surface area contributed by atoms with Crippen molar-refractivity contribution in [3.8, 4) is 0 Å². The third-order valence-electron chi connectivity index (χ3n) is 3.35. The zero-order valence-corrected chi connectivity index (χ0v) is 12.9. The van der Waals surface area contributed by atoms with Crippen molar-refractivity contribution in [2.45, 2.75) is 32.2 Å². The zero-order chi connectivity index (χ0) is 14.4. The molecule has 2 rings (SSSR count). The van der Waals surface area contributed by atoms with Crippen LogP contribution >= 0.6 is 11.8 Å². The molecular weight excluding hydrogens is 268 g/mol. The fraction of sp³-hybridized carbons (Fsp3) is 0.438. The van der Waals surface area contributed by atoms with Crippen molar-refractivity contribution < 1.29 is 4.79 Å². The molecule has 1 heterocycles. The Kier molecular flexibility index (Phi) is 5.53. The normalized spacial score (nSPS) is 12.5. The van der Waals surface area contributed by atoms with Crippen molar-refractivity contribution >= 4 is 28.6 Å². The summed E-state index contributed by atoms with van der Waals surface area (Å²) >= 11 is 1.76.